The van der Waals surface area contributed by atoms with E-state index in [0.29, 0.717) is 53.7 Å². The van der Waals surface area contributed by atoms with Crippen LogP contribution in [0.1, 0.15) is 48.2 Å². The molecule has 9 heteroatoms. The molecule has 38 heavy (non-hydrogen) atoms. The Morgan fingerprint density at radius 3 is 2.61 bits per heavy atom. The molecule has 2 aromatic carbocycles. The highest BCUT2D eigenvalue weighted by Gasteiger charge is 2.24. The number of nitrogens with one attached hydrogen (secondary N) is 1. The first-order valence-corrected chi connectivity index (χ1v) is 12.9. The van der Waals surface area contributed by atoms with Gasteiger partial charge < -0.3 is 19.7 Å². The number of hydrogen-bond acceptors (Lipinski definition) is 8. The highest BCUT2D eigenvalue weighted by atomic mass is 16.5. The predicted octanol–water partition coefficient (Wildman–Crippen LogP) is 4.57. The maximum Gasteiger partial charge on any atom is 0.236 e. The van der Waals surface area contributed by atoms with Crippen molar-refractivity contribution in [1.29, 1.82) is 10.5 Å². The Bertz CT molecular complexity index is 1530. The lowest BCUT2D eigenvalue weighted by atomic mass is 10.1. The molecule has 9 nitrogen and oxygen atoms in total. The van der Waals surface area contributed by atoms with Gasteiger partial charge in [0, 0.05) is 26.1 Å². The van der Waals surface area contributed by atoms with Gasteiger partial charge in [-0.05, 0) is 49.1 Å². The lowest BCUT2D eigenvalue weighted by molar-refractivity contribution is 0.234. The van der Waals surface area contributed by atoms with Crippen molar-refractivity contribution in [2.45, 2.75) is 39.2 Å². The molecule has 0 amide bonds. The summed E-state index contributed by atoms with van der Waals surface area (Å²) in [5, 5.41) is 31.5. The number of ether oxygens (including phenoxy) is 1. The standard InChI is InChI=1S/C29H29N7O2/c1-19-3-10-24(38-14-2-13-37)23(15-19)29-35-28-26(36(29)18-22-8-6-21(16-30)7-9-22)27(33-25(17-31)34-28)32-12-11-20-4-5-20/h3,6-10,15,20,37H,2,4-5,11-14,18H2,1H3,(H,32,33,34). The number of fused-ring (bicyclic) bond motifs is 1. The van der Waals surface area contributed by atoms with Crippen LogP contribution in [-0.4, -0.2) is 44.4 Å². The van der Waals surface area contributed by atoms with Crippen LogP contribution < -0.4 is 10.1 Å². The second-order valence-electron chi connectivity index (χ2n) is 9.59. The van der Waals surface area contributed by atoms with Crippen LogP contribution in [0.5, 0.6) is 5.75 Å². The summed E-state index contributed by atoms with van der Waals surface area (Å²) in [6.07, 6.45) is 4.08. The molecule has 0 unspecified atom stereocenters. The lowest BCUT2D eigenvalue weighted by Crippen LogP contribution is -2.10. The third-order valence-corrected chi connectivity index (χ3v) is 6.60. The molecule has 2 N–H and O–H groups in total. The molecule has 0 bridgehead atoms. The average molecular weight is 508 g/mol. The number of aliphatic hydroxyl groups excluding tert-OH is 1. The highest BCUT2D eigenvalue weighted by molar-refractivity contribution is 5.88. The van der Waals surface area contributed by atoms with Crippen molar-refractivity contribution in [3.63, 3.8) is 0 Å². The van der Waals surface area contributed by atoms with Crippen molar-refractivity contribution in [2.75, 3.05) is 25.1 Å². The normalized spacial score (nSPS) is 12.7. The number of imidazole rings is 1. The van der Waals surface area contributed by atoms with Crippen LogP contribution >= 0.6 is 0 Å². The van der Waals surface area contributed by atoms with Crippen LogP contribution in [0.3, 0.4) is 0 Å². The molecule has 5 rings (SSSR count). The zero-order valence-corrected chi connectivity index (χ0v) is 21.3. The molecule has 2 heterocycles. The number of benzene rings is 2. The number of aryl methyl sites for hydroxylation is 1. The van der Waals surface area contributed by atoms with E-state index in [1.165, 1.54) is 12.8 Å². The second-order valence-corrected chi connectivity index (χ2v) is 9.59. The summed E-state index contributed by atoms with van der Waals surface area (Å²) in [5.41, 5.74) is 4.54. The van der Waals surface area contributed by atoms with Gasteiger partial charge >= 0.3 is 0 Å². The molecule has 0 atom stereocenters. The predicted molar refractivity (Wildman–Crippen MR) is 143 cm³/mol. The van der Waals surface area contributed by atoms with Crippen molar-refractivity contribution >= 4 is 17.0 Å². The van der Waals surface area contributed by atoms with Crippen molar-refractivity contribution in [3.05, 3.63) is 65.0 Å². The highest BCUT2D eigenvalue weighted by Crippen LogP contribution is 2.36. The Morgan fingerprint density at radius 1 is 1.08 bits per heavy atom. The molecule has 0 saturated heterocycles. The summed E-state index contributed by atoms with van der Waals surface area (Å²) in [6.45, 7) is 3.62. The van der Waals surface area contributed by atoms with E-state index in [1.54, 1.807) is 12.1 Å². The molecule has 0 spiro atoms. The van der Waals surface area contributed by atoms with Gasteiger partial charge in [-0.25, -0.2) is 4.98 Å². The topological polar surface area (TPSA) is 133 Å². The van der Waals surface area contributed by atoms with E-state index < -0.39 is 0 Å². The molecule has 0 aliphatic heterocycles. The Balaban J connectivity index is 1.66. The minimum Gasteiger partial charge on any atom is -0.493 e. The third-order valence-electron chi connectivity index (χ3n) is 6.60. The first-order chi connectivity index (χ1) is 18.6. The first-order valence-electron chi connectivity index (χ1n) is 12.9. The van der Waals surface area contributed by atoms with Gasteiger partial charge in [0.05, 0.1) is 23.8 Å². The number of hydrogen-bond donors (Lipinski definition) is 2. The van der Waals surface area contributed by atoms with Crippen LogP contribution in [-0.2, 0) is 6.54 Å². The van der Waals surface area contributed by atoms with E-state index in [-0.39, 0.29) is 12.4 Å². The fourth-order valence-corrected chi connectivity index (χ4v) is 4.43. The fraction of sp³-hybridized carbons (Fsp3) is 0.345. The quantitative estimate of drug-likeness (QED) is 0.282. The van der Waals surface area contributed by atoms with Gasteiger partial charge in [0.1, 0.15) is 23.2 Å². The molecule has 2 aromatic heterocycles. The molecule has 1 fully saturated rings. The van der Waals surface area contributed by atoms with E-state index in [0.717, 1.165) is 35.6 Å². The van der Waals surface area contributed by atoms with Crippen LogP contribution in [0, 0.1) is 35.5 Å². The van der Waals surface area contributed by atoms with Crippen LogP contribution in [0.25, 0.3) is 22.6 Å². The minimum absolute atomic E-state index is 0.0425. The molecular weight excluding hydrogens is 478 g/mol. The molecule has 1 aliphatic rings. The summed E-state index contributed by atoms with van der Waals surface area (Å²) in [4.78, 5) is 13.9. The van der Waals surface area contributed by atoms with E-state index in [4.69, 9.17) is 9.72 Å². The Hall–Kier alpha value is -4.47. The van der Waals surface area contributed by atoms with Crippen LogP contribution in [0.2, 0.25) is 0 Å². The van der Waals surface area contributed by atoms with Gasteiger partial charge in [-0.3, -0.25) is 0 Å². The molecule has 192 valence electrons. The number of aromatic nitrogens is 4. The number of aliphatic hydroxyl groups is 1. The third kappa shape index (κ3) is 5.59. The van der Waals surface area contributed by atoms with Crippen molar-refractivity contribution < 1.29 is 9.84 Å². The van der Waals surface area contributed by atoms with Gasteiger partial charge in [-0.15, -0.1) is 0 Å². The lowest BCUT2D eigenvalue weighted by Gasteiger charge is -2.15. The monoisotopic (exact) mass is 507 g/mol. The smallest absolute Gasteiger partial charge is 0.236 e. The van der Waals surface area contributed by atoms with Gasteiger partial charge in [0.25, 0.3) is 0 Å². The van der Waals surface area contributed by atoms with Crippen LogP contribution in [0.4, 0.5) is 5.82 Å². The van der Waals surface area contributed by atoms with E-state index >= 15 is 0 Å². The maximum atomic E-state index is 9.62. The number of nitrogens with zero attached hydrogens (tertiary/aromatic N) is 6. The van der Waals surface area contributed by atoms with Gasteiger partial charge in [0.15, 0.2) is 11.5 Å². The second kappa shape index (κ2) is 11.3. The number of rotatable bonds is 11. The summed E-state index contributed by atoms with van der Waals surface area (Å²) in [6, 6.07) is 17.6. The Morgan fingerprint density at radius 2 is 1.89 bits per heavy atom. The van der Waals surface area contributed by atoms with E-state index in [1.807, 2.05) is 41.8 Å². The molecule has 1 aliphatic carbocycles. The minimum atomic E-state index is 0.0425. The van der Waals surface area contributed by atoms with Crippen molar-refractivity contribution in [1.82, 2.24) is 19.5 Å². The van der Waals surface area contributed by atoms with Crippen molar-refractivity contribution in [2.24, 2.45) is 5.92 Å². The fourth-order valence-electron chi connectivity index (χ4n) is 4.43. The molecular formula is C29H29N7O2. The van der Waals surface area contributed by atoms with Crippen LogP contribution in [0.15, 0.2) is 42.5 Å². The largest absolute Gasteiger partial charge is 0.493 e. The zero-order valence-electron chi connectivity index (χ0n) is 21.3. The molecule has 1 saturated carbocycles. The maximum absolute atomic E-state index is 9.62. The SMILES string of the molecule is Cc1ccc(OCCCO)c(-c2nc3nc(C#N)nc(NCCC4CC4)c3n2Cc2ccc(C#N)cc2)c1. The number of anilines is 1. The summed E-state index contributed by atoms with van der Waals surface area (Å²) >= 11 is 0. The summed E-state index contributed by atoms with van der Waals surface area (Å²) in [5.74, 6) is 2.68. The Kier molecular flexibility index (Phi) is 7.48. The van der Waals surface area contributed by atoms with Gasteiger partial charge in [-0.1, -0.05) is 36.6 Å². The average Bonchev–Trinajstić information content (AvgIpc) is 3.69. The Labute approximate surface area is 221 Å². The van der Waals surface area contributed by atoms with Gasteiger partial charge in [0.2, 0.25) is 5.82 Å². The summed E-state index contributed by atoms with van der Waals surface area (Å²) < 4.78 is 8.09. The molecule has 4 aromatic rings. The van der Waals surface area contributed by atoms with Crippen molar-refractivity contribution in [3.8, 4) is 29.3 Å². The molecule has 0 radical (unpaired) electrons. The first kappa shape index (κ1) is 25.2. The summed E-state index contributed by atoms with van der Waals surface area (Å²) in [7, 11) is 0. The number of nitriles is 2. The zero-order chi connectivity index (χ0) is 26.5. The van der Waals surface area contributed by atoms with E-state index in [2.05, 4.69) is 27.4 Å². The van der Waals surface area contributed by atoms with E-state index in [9.17, 15) is 15.6 Å². The van der Waals surface area contributed by atoms with Gasteiger partial charge in [-0.2, -0.15) is 20.5 Å².